The van der Waals surface area contributed by atoms with Crippen molar-refractivity contribution in [3.8, 4) is 0 Å². The summed E-state index contributed by atoms with van der Waals surface area (Å²) in [5.41, 5.74) is 2.60. The Morgan fingerprint density at radius 1 is 0.962 bits per heavy atom. The van der Waals surface area contributed by atoms with Crippen LogP contribution in [0, 0.1) is 12.8 Å². The van der Waals surface area contributed by atoms with Gasteiger partial charge in [0.15, 0.2) is 0 Å². The zero-order valence-corrected chi connectivity index (χ0v) is 32.0. The number of anilines is 3. The third kappa shape index (κ3) is 10.1. The van der Waals surface area contributed by atoms with Crippen molar-refractivity contribution in [2.45, 2.75) is 89.9 Å². The molecule has 2 heterocycles. The van der Waals surface area contributed by atoms with E-state index in [2.05, 4.69) is 30.4 Å². The van der Waals surface area contributed by atoms with Crippen LogP contribution in [0.5, 0.6) is 0 Å². The normalized spacial score (nSPS) is 20.3. The highest BCUT2D eigenvalue weighted by Gasteiger charge is 2.35. The van der Waals surface area contributed by atoms with Crippen LogP contribution in [0.15, 0.2) is 42.6 Å². The quantitative estimate of drug-likeness (QED) is 0.208. The van der Waals surface area contributed by atoms with Gasteiger partial charge in [0.2, 0.25) is 16.0 Å². The van der Waals surface area contributed by atoms with Crippen molar-refractivity contribution in [2.24, 2.45) is 5.92 Å². The largest absolute Gasteiger partial charge is 0.419 e. The summed E-state index contributed by atoms with van der Waals surface area (Å²) in [4.78, 5) is 26.9. The van der Waals surface area contributed by atoms with Gasteiger partial charge in [0.05, 0.1) is 23.2 Å². The molecule has 3 aromatic rings. The highest BCUT2D eigenvalue weighted by atomic mass is 32.2. The van der Waals surface area contributed by atoms with Crippen molar-refractivity contribution >= 4 is 33.3 Å². The molecule has 3 fully saturated rings. The van der Waals surface area contributed by atoms with E-state index in [1.54, 1.807) is 30.3 Å². The molecule has 0 atom stereocenters. The second-order valence-electron chi connectivity index (χ2n) is 15.0. The molecule has 0 spiro atoms. The zero-order chi connectivity index (χ0) is 37.9. The molecular formula is C39H52F3N7O3S. The second-order valence-corrected chi connectivity index (χ2v) is 17.0. The Hall–Kier alpha value is -3.75. The van der Waals surface area contributed by atoms with E-state index in [4.69, 9.17) is 0 Å². The molecule has 1 aliphatic heterocycles. The van der Waals surface area contributed by atoms with Gasteiger partial charge in [-0.15, -0.1) is 0 Å². The van der Waals surface area contributed by atoms with Crippen LogP contribution in [0.4, 0.5) is 30.5 Å². The Morgan fingerprint density at radius 2 is 1.68 bits per heavy atom. The molecule has 2 aliphatic carbocycles. The van der Waals surface area contributed by atoms with Gasteiger partial charge in [0, 0.05) is 69.3 Å². The summed E-state index contributed by atoms with van der Waals surface area (Å²) in [5.74, 6) is 0.797. The lowest BCUT2D eigenvalue weighted by Gasteiger charge is -2.42. The second kappa shape index (κ2) is 16.3. The van der Waals surface area contributed by atoms with Gasteiger partial charge in [0.25, 0.3) is 5.91 Å². The first-order chi connectivity index (χ1) is 25.2. The number of alkyl halides is 3. The van der Waals surface area contributed by atoms with Crippen LogP contribution in [-0.4, -0.2) is 92.2 Å². The van der Waals surface area contributed by atoms with Crippen LogP contribution in [0.1, 0.15) is 83.8 Å². The SMILES string of the molecule is CCc1cc(C(=O)NC2CCC(N3CCN(CC4CC4)CC3)CC2)ccc1Nc1ncc(C(F)(F)F)c(CCc2ccc(C)cc2N(C)S(C)(=O)=O)n1. The first-order valence-electron chi connectivity index (χ1n) is 18.8. The standard InChI is InChI=1S/C39H52F3N7O3S/c1-5-28-23-30(37(50)44-31-12-14-32(15-13-31)49-20-18-48(19-21-49)25-27-7-8-27)11-16-34(28)45-38-43-24-33(39(40,41)42)35(46-38)17-10-29-9-6-26(2)22-36(29)47(3)53(4,51)52/h6,9,11,16,22-24,27,31-32H,5,7-8,10,12-15,17-21,25H2,1-4H3,(H,44,50)(H,43,45,46). The molecule has 2 aromatic carbocycles. The summed E-state index contributed by atoms with van der Waals surface area (Å²) in [6, 6.07) is 11.2. The summed E-state index contributed by atoms with van der Waals surface area (Å²) in [6.45, 7) is 9.61. The number of hydrogen-bond donors (Lipinski definition) is 2. The third-order valence-corrected chi connectivity index (χ3v) is 12.2. The lowest BCUT2D eigenvalue weighted by molar-refractivity contribution is -0.138. The molecule has 2 saturated carbocycles. The Bertz CT molecular complexity index is 1870. The average Bonchev–Trinajstić information content (AvgIpc) is 3.95. The van der Waals surface area contributed by atoms with Crippen LogP contribution >= 0.6 is 0 Å². The van der Waals surface area contributed by atoms with Crippen molar-refractivity contribution in [1.82, 2.24) is 25.1 Å². The topological polar surface area (TPSA) is 111 Å². The molecule has 0 radical (unpaired) electrons. The molecule has 3 aliphatic rings. The number of sulfonamides is 1. The summed E-state index contributed by atoms with van der Waals surface area (Å²) >= 11 is 0. The Morgan fingerprint density at radius 3 is 2.32 bits per heavy atom. The van der Waals surface area contributed by atoms with E-state index in [0.717, 1.165) is 85.7 Å². The van der Waals surface area contributed by atoms with Gasteiger partial charge in [0.1, 0.15) is 0 Å². The molecule has 2 N–H and O–H groups in total. The monoisotopic (exact) mass is 755 g/mol. The smallest absolute Gasteiger partial charge is 0.349 e. The summed E-state index contributed by atoms with van der Waals surface area (Å²) in [7, 11) is -2.17. The van der Waals surface area contributed by atoms with E-state index in [9.17, 15) is 26.4 Å². The summed E-state index contributed by atoms with van der Waals surface area (Å²) in [6.07, 6.45) is 4.62. The fourth-order valence-corrected chi connectivity index (χ4v) is 8.14. The number of hydrogen-bond acceptors (Lipinski definition) is 8. The van der Waals surface area contributed by atoms with Crippen molar-refractivity contribution < 1.29 is 26.4 Å². The minimum Gasteiger partial charge on any atom is -0.349 e. The molecule has 10 nitrogen and oxygen atoms in total. The van der Waals surface area contributed by atoms with Crippen LogP contribution in [0.3, 0.4) is 0 Å². The van der Waals surface area contributed by atoms with Crippen LogP contribution < -0.4 is 14.9 Å². The number of rotatable bonds is 13. The van der Waals surface area contributed by atoms with Crippen LogP contribution in [0.2, 0.25) is 0 Å². The van der Waals surface area contributed by atoms with Crippen LogP contribution in [0.25, 0.3) is 0 Å². The lowest BCUT2D eigenvalue weighted by atomic mass is 9.89. The fourth-order valence-electron chi connectivity index (χ4n) is 7.62. The molecule has 1 saturated heterocycles. The van der Waals surface area contributed by atoms with E-state index in [0.29, 0.717) is 35.0 Å². The van der Waals surface area contributed by atoms with Gasteiger partial charge < -0.3 is 15.5 Å². The minimum atomic E-state index is -4.68. The minimum absolute atomic E-state index is 0.00151. The predicted octanol–water partition coefficient (Wildman–Crippen LogP) is 6.36. The van der Waals surface area contributed by atoms with E-state index >= 15 is 0 Å². The van der Waals surface area contributed by atoms with Gasteiger partial charge in [-0.1, -0.05) is 19.1 Å². The Labute approximate surface area is 311 Å². The maximum Gasteiger partial charge on any atom is 0.419 e. The first kappa shape index (κ1) is 39.0. The molecule has 0 unspecified atom stereocenters. The van der Waals surface area contributed by atoms with E-state index in [-0.39, 0.29) is 36.4 Å². The van der Waals surface area contributed by atoms with Gasteiger partial charge in [-0.2, -0.15) is 13.2 Å². The Kier molecular flexibility index (Phi) is 12.0. The van der Waals surface area contributed by atoms with E-state index in [1.807, 2.05) is 19.9 Å². The predicted molar refractivity (Wildman–Crippen MR) is 202 cm³/mol. The molecular weight excluding hydrogens is 704 g/mol. The number of halogens is 3. The highest BCUT2D eigenvalue weighted by molar-refractivity contribution is 7.92. The van der Waals surface area contributed by atoms with Gasteiger partial charge in [-0.05, 0) is 112 Å². The zero-order valence-electron chi connectivity index (χ0n) is 31.2. The van der Waals surface area contributed by atoms with Crippen molar-refractivity contribution in [3.63, 3.8) is 0 Å². The van der Waals surface area contributed by atoms with Crippen molar-refractivity contribution in [3.05, 3.63) is 76.1 Å². The molecule has 14 heteroatoms. The molecule has 6 rings (SSSR count). The maximum atomic E-state index is 14.1. The molecule has 288 valence electrons. The van der Waals surface area contributed by atoms with Gasteiger partial charge in [-0.3, -0.25) is 14.0 Å². The highest BCUT2D eigenvalue weighted by Crippen LogP contribution is 2.34. The fraction of sp³-hybridized carbons (Fsp3) is 0.564. The number of carbonyl (C=O) groups excluding carboxylic acids is 1. The number of nitrogens with zero attached hydrogens (tertiary/aromatic N) is 5. The van der Waals surface area contributed by atoms with E-state index < -0.39 is 21.8 Å². The lowest BCUT2D eigenvalue weighted by Crippen LogP contribution is -2.52. The Balaban J connectivity index is 1.08. The van der Waals surface area contributed by atoms with Crippen molar-refractivity contribution in [2.75, 3.05) is 55.6 Å². The number of benzene rings is 2. The summed E-state index contributed by atoms with van der Waals surface area (Å²) in [5, 5.41) is 6.32. The number of aromatic nitrogens is 2. The van der Waals surface area contributed by atoms with Crippen LogP contribution in [-0.2, 0) is 35.5 Å². The average molecular weight is 756 g/mol. The number of carbonyl (C=O) groups is 1. The number of amides is 1. The first-order valence-corrected chi connectivity index (χ1v) is 20.7. The number of aryl methyl sites for hydroxylation is 4. The molecule has 1 aromatic heterocycles. The number of piperazine rings is 1. The van der Waals surface area contributed by atoms with E-state index in [1.165, 1.54) is 26.4 Å². The molecule has 53 heavy (non-hydrogen) atoms. The van der Waals surface area contributed by atoms with Crippen molar-refractivity contribution in [1.29, 1.82) is 0 Å². The molecule has 0 bridgehead atoms. The third-order valence-electron chi connectivity index (χ3n) is 11.0. The molecule has 1 amide bonds. The maximum absolute atomic E-state index is 14.1. The van der Waals surface area contributed by atoms with Gasteiger partial charge >= 0.3 is 6.18 Å². The summed E-state index contributed by atoms with van der Waals surface area (Å²) < 4.78 is 67.9. The number of nitrogens with one attached hydrogen (secondary N) is 2. The van der Waals surface area contributed by atoms with Gasteiger partial charge in [-0.25, -0.2) is 18.4 Å².